The fraction of sp³-hybridized carbons (Fsp3) is 0.222. The van der Waals surface area contributed by atoms with Gasteiger partial charge in [0, 0.05) is 23.1 Å². The summed E-state index contributed by atoms with van der Waals surface area (Å²) in [4.78, 5) is 35.5. The van der Waals surface area contributed by atoms with Crippen molar-refractivity contribution in [3.05, 3.63) is 62.0 Å². The number of nitrogens with zero attached hydrogens (tertiary/aromatic N) is 1. The van der Waals surface area contributed by atoms with Gasteiger partial charge in [-0.1, -0.05) is 19.1 Å². The average molecular weight is 374 g/mol. The molecular formula is C18H18N2O5S. The van der Waals surface area contributed by atoms with Crippen LogP contribution in [0.25, 0.3) is 6.08 Å². The summed E-state index contributed by atoms with van der Waals surface area (Å²) < 4.78 is 4.81. The molecule has 0 radical (unpaired) electrons. The van der Waals surface area contributed by atoms with Crippen LogP contribution < -0.4 is 5.32 Å². The molecule has 1 amide bonds. The normalized spacial score (nSPS) is 10.7. The van der Waals surface area contributed by atoms with E-state index in [1.807, 2.05) is 13.8 Å². The molecular weight excluding hydrogens is 356 g/mol. The SMILES string of the molecule is CCc1c(C)sc(NC(=O)C=Cc2cccc([N+](=O)[O-])c2)c1C(=O)OC. The zero-order valence-corrected chi connectivity index (χ0v) is 15.4. The van der Waals surface area contributed by atoms with Crippen molar-refractivity contribution in [2.24, 2.45) is 0 Å². The number of hydrogen-bond donors (Lipinski definition) is 1. The fourth-order valence-electron chi connectivity index (χ4n) is 2.48. The standard InChI is InChI=1S/C18H18N2O5S/c1-4-14-11(2)26-17(16(14)18(22)25-3)19-15(21)9-8-12-6-5-7-13(10-12)20(23)24/h5-10H,4H2,1-3H3,(H,19,21). The van der Waals surface area contributed by atoms with Crippen molar-refractivity contribution < 1.29 is 19.2 Å². The number of amides is 1. The van der Waals surface area contributed by atoms with E-state index in [2.05, 4.69) is 5.32 Å². The Bertz CT molecular complexity index is 886. The Morgan fingerprint density at radius 1 is 1.38 bits per heavy atom. The van der Waals surface area contributed by atoms with Crippen LogP contribution >= 0.6 is 11.3 Å². The molecule has 0 unspecified atom stereocenters. The number of anilines is 1. The summed E-state index contributed by atoms with van der Waals surface area (Å²) in [6.45, 7) is 3.81. The Balaban J connectivity index is 2.21. The molecule has 2 aromatic rings. The first-order valence-electron chi connectivity index (χ1n) is 7.81. The van der Waals surface area contributed by atoms with Gasteiger partial charge in [-0.25, -0.2) is 4.79 Å². The number of rotatable bonds is 6. The van der Waals surface area contributed by atoms with Crippen LogP contribution in [-0.2, 0) is 16.0 Å². The highest BCUT2D eigenvalue weighted by atomic mass is 32.1. The molecule has 0 saturated carbocycles. The van der Waals surface area contributed by atoms with Gasteiger partial charge in [0.1, 0.15) is 5.00 Å². The Morgan fingerprint density at radius 2 is 2.12 bits per heavy atom. The van der Waals surface area contributed by atoms with E-state index in [4.69, 9.17) is 4.74 Å². The number of nitrogens with one attached hydrogen (secondary N) is 1. The first-order valence-corrected chi connectivity index (χ1v) is 8.63. The van der Waals surface area contributed by atoms with Gasteiger partial charge in [-0.05, 0) is 30.5 Å². The Morgan fingerprint density at radius 3 is 2.73 bits per heavy atom. The smallest absolute Gasteiger partial charge is 0.341 e. The molecule has 2 rings (SSSR count). The van der Waals surface area contributed by atoms with E-state index < -0.39 is 16.8 Å². The average Bonchev–Trinajstić information content (AvgIpc) is 2.94. The van der Waals surface area contributed by atoms with Crippen LogP contribution in [0.15, 0.2) is 30.3 Å². The van der Waals surface area contributed by atoms with Gasteiger partial charge in [0.25, 0.3) is 5.69 Å². The number of non-ortho nitro benzene ring substituents is 1. The molecule has 0 atom stereocenters. The van der Waals surface area contributed by atoms with Crippen molar-refractivity contribution in [3.63, 3.8) is 0 Å². The summed E-state index contributed by atoms with van der Waals surface area (Å²) in [5.41, 5.74) is 1.69. The summed E-state index contributed by atoms with van der Waals surface area (Å²) in [7, 11) is 1.29. The quantitative estimate of drug-likeness (QED) is 0.357. The van der Waals surface area contributed by atoms with Gasteiger partial charge in [0.15, 0.2) is 0 Å². The number of nitro groups is 1. The number of carbonyl (C=O) groups is 2. The minimum atomic E-state index is -0.499. The fourth-order valence-corrected chi connectivity index (χ4v) is 3.61. The first-order chi connectivity index (χ1) is 12.4. The van der Waals surface area contributed by atoms with Crippen molar-refractivity contribution >= 4 is 40.0 Å². The van der Waals surface area contributed by atoms with Crippen molar-refractivity contribution in [1.29, 1.82) is 0 Å². The van der Waals surface area contributed by atoms with Gasteiger partial charge >= 0.3 is 5.97 Å². The highest BCUT2D eigenvalue weighted by molar-refractivity contribution is 7.16. The molecule has 0 aliphatic rings. The van der Waals surface area contributed by atoms with E-state index in [9.17, 15) is 19.7 Å². The maximum atomic E-state index is 12.2. The molecule has 1 heterocycles. The molecule has 8 heteroatoms. The molecule has 7 nitrogen and oxygen atoms in total. The zero-order valence-electron chi connectivity index (χ0n) is 14.6. The van der Waals surface area contributed by atoms with E-state index in [1.165, 1.54) is 42.7 Å². The topological polar surface area (TPSA) is 98.5 Å². The van der Waals surface area contributed by atoms with Crippen molar-refractivity contribution in [2.75, 3.05) is 12.4 Å². The summed E-state index contributed by atoms with van der Waals surface area (Å²) in [5.74, 6) is -0.935. The van der Waals surface area contributed by atoms with E-state index in [1.54, 1.807) is 12.1 Å². The zero-order chi connectivity index (χ0) is 19.3. The molecule has 1 N–H and O–H groups in total. The van der Waals surface area contributed by atoms with Crippen LogP contribution in [0.1, 0.15) is 33.3 Å². The van der Waals surface area contributed by atoms with E-state index in [-0.39, 0.29) is 5.69 Å². The first kappa shape index (κ1) is 19.3. The van der Waals surface area contributed by atoms with Crippen molar-refractivity contribution in [1.82, 2.24) is 0 Å². The Kier molecular flexibility index (Phi) is 6.24. The number of esters is 1. The van der Waals surface area contributed by atoms with Gasteiger partial charge < -0.3 is 10.1 Å². The number of ether oxygens (including phenoxy) is 1. The second-order valence-electron chi connectivity index (χ2n) is 5.36. The van der Waals surface area contributed by atoms with Gasteiger partial charge in [-0.15, -0.1) is 11.3 Å². The minimum absolute atomic E-state index is 0.0537. The second kappa shape index (κ2) is 8.39. The van der Waals surface area contributed by atoms with E-state index in [0.29, 0.717) is 22.5 Å². The monoisotopic (exact) mass is 374 g/mol. The van der Waals surface area contributed by atoms with Gasteiger partial charge in [-0.3, -0.25) is 14.9 Å². The lowest BCUT2D eigenvalue weighted by atomic mass is 10.1. The number of carbonyl (C=O) groups excluding carboxylic acids is 2. The lowest BCUT2D eigenvalue weighted by molar-refractivity contribution is -0.384. The molecule has 0 spiro atoms. The third kappa shape index (κ3) is 4.34. The maximum Gasteiger partial charge on any atom is 0.341 e. The van der Waals surface area contributed by atoms with Crippen molar-refractivity contribution in [3.8, 4) is 0 Å². The number of aryl methyl sites for hydroxylation is 1. The van der Waals surface area contributed by atoms with Gasteiger partial charge in [-0.2, -0.15) is 0 Å². The second-order valence-corrected chi connectivity index (χ2v) is 6.59. The maximum absolute atomic E-state index is 12.2. The highest BCUT2D eigenvalue weighted by Gasteiger charge is 2.22. The van der Waals surface area contributed by atoms with Gasteiger partial charge in [0.2, 0.25) is 5.91 Å². The molecule has 26 heavy (non-hydrogen) atoms. The third-order valence-corrected chi connectivity index (χ3v) is 4.76. The third-order valence-electron chi connectivity index (χ3n) is 3.70. The number of nitro benzene ring substituents is 1. The molecule has 0 fully saturated rings. The largest absolute Gasteiger partial charge is 0.465 e. The van der Waals surface area contributed by atoms with Gasteiger partial charge in [0.05, 0.1) is 17.6 Å². The van der Waals surface area contributed by atoms with E-state index in [0.717, 1.165) is 10.4 Å². The highest BCUT2D eigenvalue weighted by Crippen LogP contribution is 2.34. The number of hydrogen-bond acceptors (Lipinski definition) is 6. The summed E-state index contributed by atoms with van der Waals surface area (Å²) in [6.07, 6.45) is 3.38. The Labute approximate surface area is 154 Å². The molecule has 0 aliphatic heterocycles. The Hall–Kier alpha value is -3.00. The number of benzene rings is 1. The lowest BCUT2D eigenvalue weighted by Crippen LogP contribution is -2.12. The molecule has 0 aliphatic carbocycles. The minimum Gasteiger partial charge on any atom is -0.465 e. The van der Waals surface area contributed by atoms with Crippen LogP contribution in [0.2, 0.25) is 0 Å². The molecule has 1 aromatic heterocycles. The summed E-state index contributed by atoms with van der Waals surface area (Å²) >= 11 is 1.31. The van der Waals surface area contributed by atoms with E-state index >= 15 is 0 Å². The van der Waals surface area contributed by atoms with Crippen LogP contribution in [0.5, 0.6) is 0 Å². The molecule has 0 bridgehead atoms. The summed E-state index contributed by atoms with van der Waals surface area (Å²) in [5, 5.41) is 13.9. The molecule has 1 aromatic carbocycles. The molecule has 0 saturated heterocycles. The van der Waals surface area contributed by atoms with Crippen molar-refractivity contribution in [2.45, 2.75) is 20.3 Å². The predicted molar refractivity (Wildman–Crippen MR) is 101 cm³/mol. The predicted octanol–water partition coefficient (Wildman–Crippen LogP) is 3.97. The molecule has 136 valence electrons. The number of thiophene rings is 1. The van der Waals surface area contributed by atoms with Crippen LogP contribution in [0, 0.1) is 17.0 Å². The lowest BCUT2D eigenvalue weighted by Gasteiger charge is -2.05. The van der Waals surface area contributed by atoms with Crippen LogP contribution in [0.4, 0.5) is 10.7 Å². The van der Waals surface area contributed by atoms with Crippen LogP contribution in [0.3, 0.4) is 0 Å². The summed E-state index contributed by atoms with van der Waals surface area (Å²) in [6, 6.07) is 5.94. The number of methoxy groups -OCH3 is 1. The van der Waals surface area contributed by atoms with Crippen LogP contribution in [-0.4, -0.2) is 23.9 Å².